The van der Waals surface area contributed by atoms with Gasteiger partial charge in [0.25, 0.3) is 5.91 Å². The number of carbonyl (C=O) groups excluding carboxylic acids is 1. The number of anilines is 2. The van der Waals surface area contributed by atoms with Crippen LogP contribution in [0.3, 0.4) is 0 Å². The Morgan fingerprint density at radius 2 is 1.83 bits per heavy atom. The van der Waals surface area contributed by atoms with Crippen molar-refractivity contribution in [2.45, 2.75) is 24.8 Å². The van der Waals surface area contributed by atoms with Gasteiger partial charge in [-0.25, -0.2) is 0 Å². The summed E-state index contributed by atoms with van der Waals surface area (Å²) in [6.45, 7) is 4.11. The largest absolute Gasteiger partial charge is 0.491 e. The molecule has 0 aliphatic carbocycles. The number of hydrogen-bond donors (Lipinski definition) is 1. The molecule has 0 bridgehead atoms. The molecule has 0 unspecified atom stereocenters. The van der Waals surface area contributed by atoms with Crippen molar-refractivity contribution < 1.29 is 9.53 Å². The summed E-state index contributed by atoms with van der Waals surface area (Å²) < 4.78 is 5.98. The number of amides is 1. The smallest absolute Gasteiger partial charge is 0.251 e. The van der Waals surface area contributed by atoms with Crippen molar-refractivity contribution in [1.82, 2.24) is 5.32 Å². The molecule has 0 saturated carbocycles. The van der Waals surface area contributed by atoms with Crippen LogP contribution >= 0.6 is 11.8 Å². The summed E-state index contributed by atoms with van der Waals surface area (Å²) in [6, 6.07) is 22.5. The first-order valence-electron chi connectivity index (χ1n) is 10.2. The fourth-order valence-corrected chi connectivity index (χ4v) is 3.95. The molecule has 3 aromatic rings. The van der Waals surface area contributed by atoms with E-state index in [0.29, 0.717) is 18.7 Å². The third-order valence-electron chi connectivity index (χ3n) is 5.25. The van der Waals surface area contributed by atoms with E-state index < -0.39 is 0 Å². The van der Waals surface area contributed by atoms with Gasteiger partial charge in [-0.05, 0) is 67.6 Å². The molecular formula is C25H26N2O2S. The van der Waals surface area contributed by atoms with Crippen LogP contribution in [0.25, 0.3) is 0 Å². The zero-order chi connectivity index (χ0) is 20.9. The second-order valence-corrected chi connectivity index (χ2v) is 8.28. The van der Waals surface area contributed by atoms with Crippen LogP contribution < -0.4 is 15.0 Å². The number of rotatable bonds is 5. The molecule has 1 amide bonds. The van der Waals surface area contributed by atoms with Crippen LogP contribution in [0.5, 0.6) is 5.75 Å². The molecule has 154 valence electrons. The summed E-state index contributed by atoms with van der Waals surface area (Å²) in [7, 11) is 0. The van der Waals surface area contributed by atoms with Gasteiger partial charge in [-0.1, -0.05) is 29.8 Å². The Labute approximate surface area is 182 Å². The molecule has 0 spiro atoms. The molecule has 4 rings (SSSR count). The van der Waals surface area contributed by atoms with E-state index in [2.05, 4.69) is 59.8 Å². The Kier molecular flexibility index (Phi) is 6.29. The van der Waals surface area contributed by atoms with Gasteiger partial charge in [0.15, 0.2) is 0 Å². The monoisotopic (exact) mass is 418 g/mol. The van der Waals surface area contributed by atoms with E-state index >= 15 is 0 Å². The summed E-state index contributed by atoms with van der Waals surface area (Å²) in [4.78, 5) is 16.2. The van der Waals surface area contributed by atoms with Gasteiger partial charge >= 0.3 is 0 Å². The third kappa shape index (κ3) is 4.62. The second-order valence-electron chi connectivity index (χ2n) is 7.40. The molecule has 0 atom stereocenters. The lowest BCUT2D eigenvalue weighted by atomic mass is 10.1. The van der Waals surface area contributed by atoms with Crippen molar-refractivity contribution in [3.63, 3.8) is 0 Å². The molecule has 1 aliphatic heterocycles. The van der Waals surface area contributed by atoms with E-state index in [1.807, 2.05) is 30.3 Å². The quantitative estimate of drug-likeness (QED) is 0.550. The number of aryl methyl sites for hydroxylation is 1. The van der Waals surface area contributed by atoms with Crippen LogP contribution in [0.2, 0.25) is 0 Å². The summed E-state index contributed by atoms with van der Waals surface area (Å²) in [5.41, 5.74) is 5.07. The fourth-order valence-electron chi connectivity index (χ4n) is 3.54. The molecule has 1 heterocycles. The van der Waals surface area contributed by atoms with Crippen molar-refractivity contribution >= 4 is 29.0 Å². The first-order valence-corrected chi connectivity index (χ1v) is 11.4. The average Bonchev–Trinajstić information content (AvgIpc) is 3.00. The molecule has 3 aromatic carbocycles. The highest BCUT2D eigenvalue weighted by atomic mass is 32.2. The van der Waals surface area contributed by atoms with Gasteiger partial charge < -0.3 is 15.0 Å². The molecule has 0 fully saturated rings. The van der Waals surface area contributed by atoms with Crippen molar-refractivity contribution in [1.29, 1.82) is 0 Å². The van der Waals surface area contributed by atoms with E-state index in [1.165, 1.54) is 10.5 Å². The normalized spacial score (nSPS) is 13.2. The minimum Gasteiger partial charge on any atom is -0.491 e. The van der Waals surface area contributed by atoms with Gasteiger partial charge in [-0.2, -0.15) is 0 Å². The van der Waals surface area contributed by atoms with Gasteiger partial charge in [0.2, 0.25) is 0 Å². The van der Waals surface area contributed by atoms with Crippen molar-refractivity contribution in [2.24, 2.45) is 0 Å². The summed E-state index contributed by atoms with van der Waals surface area (Å²) in [6.07, 6.45) is 2.98. The summed E-state index contributed by atoms with van der Waals surface area (Å²) >= 11 is 1.71. The van der Waals surface area contributed by atoms with E-state index in [9.17, 15) is 4.79 Å². The fraction of sp³-hybridized carbons (Fsp3) is 0.240. The minimum atomic E-state index is -0.0959. The SMILES string of the molecule is CSc1ccc(CNC(=O)c2ccc3c(c2)OCCCN3c2ccc(C)cc2)cc1. The van der Waals surface area contributed by atoms with Crippen LogP contribution in [0.15, 0.2) is 71.6 Å². The van der Waals surface area contributed by atoms with Crippen LogP contribution in [0.1, 0.15) is 27.9 Å². The second kappa shape index (κ2) is 9.26. The van der Waals surface area contributed by atoms with E-state index in [-0.39, 0.29) is 5.91 Å². The zero-order valence-electron chi connectivity index (χ0n) is 17.4. The van der Waals surface area contributed by atoms with Gasteiger partial charge in [-0.15, -0.1) is 11.8 Å². The van der Waals surface area contributed by atoms with Crippen molar-refractivity contribution in [3.05, 3.63) is 83.4 Å². The lowest BCUT2D eigenvalue weighted by Gasteiger charge is -2.24. The Morgan fingerprint density at radius 3 is 2.57 bits per heavy atom. The Morgan fingerprint density at radius 1 is 1.07 bits per heavy atom. The highest BCUT2D eigenvalue weighted by Gasteiger charge is 2.19. The Balaban J connectivity index is 1.51. The van der Waals surface area contributed by atoms with Gasteiger partial charge in [0.05, 0.1) is 12.3 Å². The zero-order valence-corrected chi connectivity index (χ0v) is 18.2. The summed E-state index contributed by atoms with van der Waals surface area (Å²) in [5.74, 6) is 0.659. The van der Waals surface area contributed by atoms with Crippen molar-refractivity contribution in [3.8, 4) is 5.75 Å². The van der Waals surface area contributed by atoms with Crippen molar-refractivity contribution in [2.75, 3.05) is 24.3 Å². The molecule has 1 N–H and O–H groups in total. The number of carbonyl (C=O) groups is 1. The van der Waals surface area contributed by atoms with E-state index in [0.717, 1.165) is 35.7 Å². The van der Waals surface area contributed by atoms with Gasteiger partial charge in [0, 0.05) is 29.2 Å². The first-order chi connectivity index (χ1) is 14.6. The van der Waals surface area contributed by atoms with E-state index in [4.69, 9.17) is 4.74 Å². The first kappa shape index (κ1) is 20.4. The highest BCUT2D eigenvalue weighted by Crippen LogP contribution is 2.36. The molecule has 0 radical (unpaired) electrons. The van der Waals surface area contributed by atoms with Gasteiger partial charge in [-0.3, -0.25) is 4.79 Å². The van der Waals surface area contributed by atoms with Crippen LogP contribution in [0, 0.1) is 6.92 Å². The molecule has 0 aromatic heterocycles. The molecule has 0 saturated heterocycles. The van der Waals surface area contributed by atoms with Crippen LogP contribution in [-0.2, 0) is 6.54 Å². The van der Waals surface area contributed by atoms with Gasteiger partial charge in [0.1, 0.15) is 5.75 Å². The highest BCUT2D eigenvalue weighted by molar-refractivity contribution is 7.98. The maximum Gasteiger partial charge on any atom is 0.251 e. The Bertz CT molecular complexity index is 1020. The lowest BCUT2D eigenvalue weighted by molar-refractivity contribution is 0.0950. The maximum absolute atomic E-state index is 12.7. The number of hydrogen-bond acceptors (Lipinski definition) is 4. The Hall–Kier alpha value is -2.92. The number of nitrogens with zero attached hydrogens (tertiary/aromatic N) is 1. The lowest BCUT2D eigenvalue weighted by Crippen LogP contribution is -2.23. The minimum absolute atomic E-state index is 0.0959. The summed E-state index contributed by atoms with van der Waals surface area (Å²) in [5, 5.41) is 3.01. The van der Waals surface area contributed by atoms with Crippen LogP contribution in [-0.4, -0.2) is 25.3 Å². The molecule has 30 heavy (non-hydrogen) atoms. The predicted molar refractivity (Wildman–Crippen MR) is 124 cm³/mol. The number of ether oxygens (including phenoxy) is 1. The standard InChI is InChI=1S/C25H26N2O2S/c1-18-4-9-21(10-5-18)27-14-3-15-29-24-16-20(8-13-23(24)27)25(28)26-17-19-6-11-22(30-2)12-7-19/h4-13,16H,3,14-15,17H2,1-2H3,(H,26,28). The molecule has 5 heteroatoms. The third-order valence-corrected chi connectivity index (χ3v) is 6.00. The molecular weight excluding hydrogens is 392 g/mol. The number of fused-ring (bicyclic) bond motifs is 1. The topological polar surface area (TPSA) is 41.6 Å². The number of nitrogens with one attached hydrogen (secondary N) is 1. The maximum atomic E-state index is 12.7. The van der Waals surface area contributed by atoms with E-state index in [1.54, 1.807) is 11.8 Å². The predicted octanol–water partition coefficient (Wildman–Crippen LogP) is 5.57. The van der Waals surface area contributed by atoms with Crippen LogP contribution in [0.4, 0.5) is 11.4 Å². The molecule has 1 aliphatic rings. The average molecular weight is 419 g/mol. The number of thioether (sulfide) groups is 1. The number of benzene rings is 3. The molecule has 4 nitrogen and oxygen atoms in total.